The Morgan fingerprint density at radius 3 is 1.41 bits per heavy atom. The molecule has 0 saturated heterocycles. The van der Waals surface area contributed by atoms with Gasteiger partial charge in [0, 0.05) is 7.11 Å². The van der Waals surface area contributed by atoms with E-state index < -0.39 is 78.4 Å². The van der Waals surface area contributed by atoms with E-state index in [0.717, 1.165) is 6.40 Å². The first-order chi connectivity index (χ1) is 26.9. The van der Waals surface area contributed by atoms with Gasteiger partial charge in [0.25, 0.3) is 0 Å². The van der Waals surface area contributed by atoms with E-state index in [9.17, 15) is 38.4 Å². The zero-order valence-electron chi connectivity index (χ0n) is 34.4. The van der Waals surface area contributed by atoms with Crippen LogP contribution in [-0.2, 0) is 52.7 Å². The fourth-order valence-corrected chi connectivity index (χ4v) is 2.98. The molecule has 1 aromatic carbocycles. The summed E-state index contributed by atoms with van der Waals surface area (Å²) in [5.41, 5.74) is 0.496. The van der Waals surface area contributed by atoms with Gasteiger partial charge in [0.1, 0.15) is 18.1 Å². The molecule has 0 aliphatic carbocycles. The van der Waals surface area contributed by atoms with E-state index in [0.29, 0.717) is 5.56 Å². The average molecular weight is 840 g/mol. The molecule has 6 atom stereocenters. The van der Waals surface area contributed by atoms with Crippen molar-refractivity contribution in [2.24, 2.45) is 10.9 Å². The second-order valence-electron chi connectivity index (χ2n) is 11.4. The monoisotopic (exact) mass is 839 g/mol. The van der Waals surface area contributed by atoms with Gasteiger partial charge in [0.15, 0.2) is 12.1 Å². The maximum Gasteiger partial charge on any atom is 0.407 e. The zero-order chi connectivity index (χ0) is 46.1. The van der Waals surface area contributed by atoms with Gasteiger partial charge in [-0.1, -0.05) is 44.2 Å². The lowest BCUT2D eigenvalue weighted by Gasteiger charge is -2.16. The Morgan fingerprint density at radius 2 is 1.10 bits per heavy atom. The van der Waals surface area contributed by atoms with Crippen LogP contribution < -0.4 is 16.0 Å². The van der Waals surface area contributed by atoms with Gasteiger partial charge in [-0.15, -0.1) is 0 Å². The molecule has 0 bridgehead atoms. The van der Waals surface area contributed by atoms with E-state index in [4.69, 9.17) is 30.3 Å². The SMILES string of the molecule is COC(=O)N[C@@H](C(=O)O)C(C)C.COC(=O)N[C@H](C(=O)O)c1ccccc1.COC(=O)N[C@H](C)C(=O)O.COOC=NC(C(=O)O)[C@@H](C)OC.C[C@H](C(=O)O)N(C)C. The highest BCUT2D eigenvalue weighted by molar-refractivity contribution is 5.82. The van der Waals surface area contributed by atoms with Crippen LogP contribution in [0.5, 0.6) is 0 Å². The molecule has 0 fully saturated rings. The Balaban J connectivity index is -0.000000319. The molecular formula is C34H57N5O19. The van der Waals surface area contributed by atoms with Crippen molar-refractivity contribution in [3.8, 4) is 0 Å². The fraction of sp³-hybridized carbons (Fsp3) is 0.559. The van der Waals surface area contributed by atoms with Crippen LogP contribution in [0, 0.1) is 5.92 Å². The van der Waals surface area contributed by atoms with Gasteiger partial charge in [0.05, 0.1) is 34.5 Å². The van der Waals surface area contributed by atoms with Crippen molar-refractivity contribution in [2.45, 2.75) is 70.9 Å². The number of carboxylic acids is 5. The van der Waals surface area contributed by atoms with E-state index in [1.807, 2.05) is 0 Å². The number of ether oxygens (including phenoxy) is 4. The quantitative estimate of drug-likeness (QED) is 0.0385. The van der Waals surface area contributed by atoms with Crippen LogP contribution in [-0.4, -0.2) is 165 Å². The number of benzene rings is 1. The van der Waals surface area contributed by atoms with Crippen LogP contribution in [0.4, 0.5) is 14.4 Å². The Bertz CT molecular complexity index is 1410. The van der Waals surface area contributed by atoms with E-state index in [-0.39, 0.29) is 12.0 Å². The predicted octanol–water partition coefficient (Wildman–Crippen LogP) is 1.54. The summed E-state index contributed by atoms with van der Waals surface area (Å²) < 4.78 is 17.6. The number of hydrogen-bond acceptors (Lipinski definition) is 16. The lowest BCUT2D eigenvalue weighted by atomic mass is 10.1. The molecule has 3 amide bonds. The van der Waals surface area contributed by atoms with Crippen LogP contribution in [0.2, 0.25) is 0 Å². The van der Waals surface area contributed by atoms with Crippen molar-refractivity contribution in [3.63, 3.8) is 0 Å². The molecule has 24 nitrogen and oxygen atoms in total. The highest BCUT2D eigenvalue weighted by Crippen LogP contribution is 2.12. The average Bonchev–Trinajstić information content (AvgIpc) is 3.17. The highest BCUT2D eigenvalue weighted by Gasteiger charge is 2.24. The van der Waals surface area contributed by atoms with E-state index >= 15 is 0 Å². The second kappa shape index (κ2) is 34.0. The first-order valence-electron chi connectivity index (χ1n) is 16.5. The number of aliphatic imine (C=N–C) groups is 1. The standard InChI is InChI=1S/C10H11NO4.C7H13NO5.C7H13NO4.C5H9NO4.C5H11NO2/c1-15-10(14)11-8(9(12)13)7-5-3-2-4-6-7;1-5(11-2)6(7(9)10)8-4-13-12-3;1-4(2)5(6(9)10)8-7(11)12-3;1-3(4(7)8)6-5(9)10-2;1-4(5(7)8)6(2)3/h2-6,8H,1H3,(H,11,14)(H,12,13);4-6H,1-3H3,(H,9,10);4-5H,1-3H3,(H,8,11)(H,9,10);3H,1-2H3,(H,6,9)(H,7,8);4H,1-3H3,(H,7,8)/t8-;5-,6?;5-;3-;4-/m01111/s1. The molecule has 0 aliphatic rings. The van der Waals surface area contributed by atoms with Crippen LogP contribution in [0.1, 0.15) is 46.2 Å². The fourth-order valence-electron chi connectivity index (χ4n) is 2.98. The number of hydrogen-bond donors (Lipinski definition) is 8. The minimum atomic E-state index is -1.13. The van der Waals surface area contributed by atoms with Crippen LogP contribution in [0.15, 0.2) is 35.3 Å². The number of aliphatic carboxylic acids is 5. The summed E-state index contributed by atoms with van der Waals surface area (Å²) in [6.07, 6.45) is -1.83. The van der Waals surface area contributed by atoms with Crippen molar-refractivity contribution in [3.05, 3.63) is 35.9 Å². The Morgan fingerprint density at radius 1 is 0.638 bits per heavy atom. The Labute approximate surface area is 335 Å². The maximum absolute atomic E-state index is 10.9. The Kier molecular flexibility index (Phi) is 34.3. The van der Waals surface area contributed by atoms with E-state index in [2.05, 4.69) is 44.9 Å². The number of methoxy groups -OCH3 is 4. The summed E-state index contributed by atoms with van der Waals surface area (Å²) in [6.45, 7) is 7.99. The molecular weight excluding hydrogens is 782 g/mol. The summed E-state index contributed by atoms with van der Waals surface area (Å²) >= 11 is 0. The summed E-state index contributed by atoms with van der Waals surface area (Å²) in [5.74, 6) is -5.31. The van der Waals surface area contributed by atoms with Gasteiger partial charge >= 0.3 is 48.1 Å². The molecule has 0 aromatic heterocycles. The Hall–Kier alpha value is -6.27. The van der Waals surface area contributed by atoms with Crippen molar-refractivity contribution < 1.29 is 92.6 Å². The van der Waals surface area contributed by atoms with Crippen molar-refractivity contribution in [1.82, 2.24) is 20.9 Å². The molecule has 1 unspecified atom stereocenters. The molecule has 0 heterocycles. The van der Waals surface area contributed by atoms with Gasteiger partial charge in [-0.05, 0) is 46.3 Å². The maximum atomic E-state index is 10.9. The first-order valence-corrected chi connectivity index (χ1v) is 16.5. The molecule has 24 heteroatoms. The number of nitrogens with zero attached hydrogens (tertiary/aromatic N) is 2. The van der Waals surface area contributed by atoms with Gasteiger partial charge in [0.2, 0.25) is 6.40 Å². The number of likely N-dealkylation sites (N-methyl/N-ethyl adjacent to an activating group) is 1. The molecule has 0 aliphatic heterocycles. The van der Waals surface area contributed by atoms with Gasteiger partial charge in [-0.3, -0.25) is 14.5 Å². The number of carboxylic acid groups (broad SMARTS) is 5. The summed E-state index contributed by atoms with van der Waals surface area (Å²) in [5, 5.41) is 49.3. The van der Waals surface area contributed by atoms with Crippen molar-refractivity contribution in [1.29, 1.82) is 0 Å². The third-order valence-electron chi connectivity index (χ3n) is 6.67. The number of carbonyl (C=O) groups is 8. The first kappa shape index (κ1) is 58.4. The summed E-state index contributed by atoms with van der Waals surface area (Å²) in [6, 6.07) is 4.15. The van der Waals surface area contributed by atoms with E-state index in [1.165, 1.54) is 42.5 Å². The van der Waals surface area contributed by atoms with Crippen molar-refractivity contribution in [2.75, 3.05) is 49.6 Å². The second-order valence-corrected chi connectivity index (χ2v) is 11.4. The van der Waals surface area contributed by atoms with Crippen molar-refractivity contribution >= 4 is 54.5 Å². The van der Waals surface area contributed by atoms with Gasteiger partial charge < -0.3 is 65.3 Å². The smallest absolute Gasteiger partial charge is 0.407 e. The summed E-state index contributed by atoms with van der Waals surface area (Å²) in [7, 11) is 9.71. The third-order valence-corrected chi connectivity index (χ3v) is 6.67. The molecule has 1 rings (SSSR count). The molecule has 0 saturated carbocycles. The van der Waals surface area contributed by atoms with Crippen LogP contribution >= 0.6 is 0 Å². The number of alkyl carbamates (subject to hydrolysis) is 3. The third kappa shape index (κ3) is 30.0. The lowest BCUT2D eigenvalue weighted by molar-refractivity contribution is -0.188. The minimum Gasteiger partial charge on any atom is -0.480 e. The minimum absolute atomic E-state index is 0.165. The number of carbonyl (C=O) groups excluding carboxylic acids is 3. The molecule has 8 N–H and O–H groups in total. The number of amides is 3. The topological polar surface area (TPSA) is 345 Å². The molecule has 332 valence electrons. The van der Waals surface area contributed by atoms with Crippen LogP contribution in [0.25, 0.3) is 0 Å². The van der Waals surface area contributed by atoms with Gasteiger partial charge in [-0.2, -0.15) is 4.89 Å². The number of nitrogens with one attached hydrogen (secondary N) is 3. The highest BCUT2D eigenvalue weighted by atomic mass is 17.2. The lowest BCUT2D eigenvalue weighted by Crippen LogP contribution is -2.44. The number of rotatable bonds is 16. The molecule has 0 spiro atoms. The van der Waals surface area contributed by atoms with Gasteiger partial charge in [-0.25, -0.2) is 33.8 Å². The normalized spacial score (nSPS) is 13.0. The molecule has 0 radical (unpaired) electrons. The molecule has 58 heavy (non-hydrogen) atoms. The van der Waals surface area contributed by atoms with Crippen LogP contribution in [0.3, 0.4) is 0 Å². The zero-order valence-corrected chi connectivity index (χ0v) is 34.4. The van der Waals surface area contributed by atoms with E-state index in [1.54, 1.807) is 77.0 Å². The predicted molar refractivity (Wildman–Crippen MR) is 202 cm³/mol. The largest absolute Gasteiger partial charge is 0.480 e. The molecule has 1 aromatic rings. The summed E-state index contributed by atoms with van der Waals surface area (Å²) in [4.78, 5) is 97.8.